The maximum atomic E-state index is 12.9. The Bertz CT molecular complexity index is 1230. The lowest BCUT2D eigenvalue weighted by Crippen LogP contribution is -2.48. The first-order valence-electron chi connectivity index (χ1n) is 11.3. The van der Waals surface area contributed by atoms with Crippen LogP contribution in [-0.2, 0) is 10.0 Å². The summed E-state index contributed by atoms with van der Waals surface area (Å²) in [4.78, 5) is 17.3. The molecule has 6 nitrogen and oxygen atoms in total. The zero-order valence-electron chi connectivity index (χ0n) is 19.2. The molecule has 0 unspecified atom stereocenters. The van der Waals surface area contributed by atoms with Crippen LogP contribution in [0.5, 0.6) is 0 Å². The Morgan fingerprint density at radius 1 is 0.882 bits per heavy atom. The van der Waals surface area contributed by atoms with Crippen molar-refractivity contribution in [1.82, 2.24) is 9.80 Å². The number of hydrogen-bond acceptors (Lipinski definition) is 4. The van der Waals surface area contributed by atoms with E-state index in [0.717, 1.165) is 25.2 Å². The lowest BCUT2D eigenvalue weighted by Gasteiger charge is -2.34. The number of nitrogens with zero attached hydrogens (tertiary/aromatic N) is 2. The first-order valence-corrected chi connectivity index (χ1v) is 12.8. The van der Waals surface area contributed by atoms with E-state index in [0.29, 0.717) is 24.3 Å². The molecular weight excluding hydrogens is 446 g/mol. The Morgan fingerprint density at radius 3 is 2.18 bits per heavy atom. The molecule has 3 aromatic carbocycles. The van der Waals surface area contributed by atoms with E-state index in [9.17, 15) is 13.2 Å². The molecular formula is C27H29N3O3S. The van der Waals surface area contributed by atoms with Gasteiger partial charge in [0.05, 0.1) is 4.90 Å². The monoisotopic (exact) mass is 475 g/mol. The molecule has 1 aliphatic rings. The third-order valence-corrected chi connectivity index (χ3v) is 7.25. The van der Waals surface area contributed by atoms with Gasteiger partial charge in [0.25, 0.3) is 15.9 Å². The van der Waals surface area contributed by atoms with Crippen LogP contribution in [-0.4, -0.2) is 56.8 Å². The van der Waals surface area contributed by atoms with Crippen LogP contribution in [0, 0.1) is 6.92 Å². The standard InChI is InChI=1S/C27H29N3O3S/c1-22-9-15-26(16-10-22)34(32,33)28-25-13-11-24(12-14-25)27(31)30-20-18-29(19-21-30)17-5-8-23-6-3-2-4-7-23/h2-16,28H,17-21H2,1H3. The predicted molar refractivity (Wildman–Crippen MR) is 136 cm³/mol. The van der Waals surface area contributed by atoms with Crippen LogP contribution in [0.2, 0.25) is 0 Å². The van der Waals surface area contributed by atoms with Crippen molar-refractivity contribution < 1.29 is 13.2 Å². The Balaban J connectivity index is 1.29. The first-order chi connectivity index (χ1) is 16.4. The summed E-state index contributed by atoms with van der Waals surface area (Å²) in [6, 6.07) is 23.5. The Morgan fingerprint density at radius 2 is 1.53 bits per heavy atom. The quantitative estimate of drug-likeness (QED) is 0.554. The molecule has 0 aliphatic carbocycles. The topological polar surface area (TPSA) is 69.7 Å². The number of carbonyl (C=O) groups is 1. The van der Waals surface area contributed by atoms with Crippen LogP contribution < -0.4 is 4.72 Å². The van der Waals surface area contributed by atoms with Gasteiger partial charge in [0.2, 0.25) is 0 Å². The molecule has 0 radical (unpaired) electrons. The van der Waals surface area contributed by atoms with E-state index in [1.54, 1.807) is 48.5 Å². The minimum absolute atomic E-state index is 0.0348. The van der Waals surface area contributed by atoms with E-state index >= 15 is 0 Å². The van der Waals surface area contributed by atoms with E-state index in [4.69, 9.17) is 0 Å². The van der Waals surface area contributed by atoms with Crippen LogP contribution in [0.3, 0.4) is 0 Å². The van der Waals surface area contributed by atoms with Gasteiger partial charge in [-0.25, -0.2) is 8.42 Å². The summed E-state index contributed by atoms with van der Waals surface area (Å²) in [5.41, 5.74) is 3.15. The van der Waals surface area contributed by atoms with E-state index < -0.39 is 10.0 Å². The number of piperazine rings is 1. The minimum Gasteiger partial charge on any atom is -0.336 e. The van der Waals surface area contributed by atoms with Crippen molar-refractivity contribution in [2.45, 2.75) is 11.8 Å². The summed E-state index contributed by atoms with van der Waals surface area (Å²) in [6.45, 7) is 5.73. The highest BCUT2D eigenvalue weighted by Crippen LogP contribution is 2.18. The van der Waals surface area contributed by atoms with Crippen molar-refractivity contribution in [3.8, 4) is 0 Å². The number of amides is 1. The fourth-order valence-electron chi connectivity index (χ4n) is 3.83. The molecule has 1 saturated heterocycles. The molecule has 4 rings (SSSR count). The van der Waals surface area contributed by atoms with Gasteiger partial charge in [-0.2, -0.15) is 0 Å². The van der Waals surface area contributed by atoms with Crippen molar-refractivity contribution in [3.63, 3.8) is 0 Å². The third-order valence-electron chi connectivity index (χ3n) is 5.85. The second-order valence-corrected chi connectivity index (χ2v) is 10.1. The smallest absolute Gasteiger partial charge is 0.261 e. The fraction of sp³-hybridized carbons (Fsp3) is 0.222. The molecule has 1 aliphatic heterocycles. The van der Waals surface area contributed by atoms with Gasteiger partial charge in [-0.15, -0.1) is 0 Å². The average molecular weight is 476 g/mol. The average Bonchev–Trinajstić information content (AvgIpc) is 2.85. The molecule has 3 aromatic rings. The number of sulfonamides is 1. The summed E-state index contributed by atoms with van der Waals surface area (Å²) in [5, 5.41) is 0. The summed E-state index contributed by atoms with van der Waals surface area (Å²) in [5.74, 6) is -0.0348. The van der Waals surface area contributed by atoms with Gasteiger partial charge < -0.3 is 4.90 Å². The summed E-state index contributed by atoms with van der Waals surface area (Å²) >= 11 is 0. The van der Waals surface area contributed by atoms with E-state index in [2.05, 4.69) is 33.9 Å². The van der Waals surface area contributed by atoms with Crippen LogP contribution >= 0.6 is 0 Å². The van der Waals surface area contributed by atoms with Crippen LogP contribution in [0.4, 0.5) is 5.69 Å². The van der Waals surface area contributed by atoms with Crippen LogP contribution in [0.15, 0.2) is 89.8 Å². The highest BCUT2D eigenvalue weighted by Gasteiger charge is 2.22. The predicted octanol–water partition coefficient (Wildman–Crippen LogP) is 4.27. The lowest BCUT2D eigenvalue weighted by molar-refractivity contribution is 0.0650. The number of hydrogen-bond donors (Lipinski definition) is 1. The number of anilines is 1. The van der Waals surface area contributed by atoms with Crippen molar-refractivity contribution >= 4 is 27.7 Å². The van der Waals surface area contributed by atoms with Crippen molar-refractivity contribution in [2.75, 3.05) is 37.4 Å². The summed E-state index contributed by atoms with van der Waals surface area (Å²) in [7, 11) is -3.67. The largest absolute Gasteiger partial charge is 0.336 e. The van der Waals surface area contributed by atoms with Crippen molar-refractivity contribution in [1.29, 1.82) is 0 Å². The second-order valence-electron chi connectivity index (χ2n) is 8.40. The Labute approximate surface area is 201 Å². The summed E-state index contributed by atoms with van der Waals surface area (Å²) < 4.78 is 27.7. The van der Waals surface area contributed by atoms with Gasteiger partial charge in [-0.1, -0.05) is 60.2 Å². The molecule has 1 amide bonds. The normalized spacial score (nSPS) is 14.9. The van der Waals surface area contributed by atoms with Gasteiger partial charge in [-0.05, 0) is 48.9 Å². The molecule has 7 heteroatoms. The highest BCUT2D eigenvalue weighted by atomic mass is 32.2. The fourth-order valence-corrected chi connectivity index (χ4v) is 4.89. The third kappa shape index (κ3) is 6.12. The molecule has 1 fully saturated rings. The molecule has 0 spiro atoms. The van der Waals surface area contributed by atoms with E-state index in [1.165, 1.54) is 5.56 Å². The molecule has 0 saturated carbocycles. The summed E-state index contributed by atoms with van der Waals surface area (Å²) in [6.07, 6.45) is 4.27. The van der Waals surface area contributed by atoms with E-state index in [1.807, 2.05) is 30.0 Å². The highest BCUT2D eigenvalue weighted by molar-refractivity contribution is 7.92. The number of benzene rings is 3. The minimum atomic E-state index is -3.67. The molecule has 0 bridgehead atoms. The molecule has 0 atom stereocenters. The maximum Gasteiger partial charge on any atom is 0.261 e. The lowest BCUT2D eigenvalue weighted by atomic mass is 10.1. The van der Waals surface area contributed by atoms with E-state index in [-0.39, 0.29) is 10.8 Å². The van der Waals surface area contributed by atoms with Gasteiger partial charge in [0.15, 0.2) is 0 Å². The van der Waals surface area contributed by atoms with Crippen molar-refractivity contribution in [2.24, 2.45) is 0 Å². The van der Waals surface area contributed by atoms with Gasteiger partial charge in [-0.3, -0.25) is 14.4 Å². The Hall–Kier alpha value is -3.42. The first kappa shape index (κ1) is 23.7. The maximum absolute atomic E-state index is 12.9. The molecule has 0 aromatic heterocycles. The molecule has 1 heterocycles. The van der Waals surface area contributed by atoms with Crippen LogP contribution in [0.1, 0.15) is 21.5 Å². The number of nitrogens with one attached hydrogen (secondary N) is 1. The Kier molecular flexibility index (Phi) is 7.45. The SMILES string of the molecule is Cc1ccc(S(=O)(=O)Nc2ccc(C(=O)N3CCN(CC=Cc4ccccc4)CC3)cc2)cc1. The van der Waals surface area contributed by atoms with Gasteiger partial charge in [0.1, 0.15) is 0 Å². The second kappa shape index (κ2) is 10.7. The van der Waals surface area contributed by atoms with Gasteiger partial charge >= 0.3 is 0 Å². The number of rotatable bonds is 7. The molecule has 1 N–H and O–H groups in total. The molecule has 176 valence electrons. The van der Waals surface area contributed by atoms with Crippen LogP contribution in [0.25, 0.3) is 6.08 Å². The number of aryl methyl sites for hydroxylation is 1. The number of carbonyl (C=O) groups excluding carboxylic acids is 1. The zero-order chi connectivity index (χ0) is 24.0. The van der Waals surface area contributed by atoms with Gasteiger partial charge in [0, 0.05) is 44.0 Å². The zero-order valence-corrected chi connectivity index (χ0v) is 20.0. The van der Waals surface area contributed by atoms with Crippen molar-refractivity contribution in [3.05, 3.63) is 102 Å². The molecule has 34 heavy (non-hydrogen) atoms.